The van der Waals surface area contributed by atoms with Crippen LogP contribution in [0.5, 0.6) is 0 Å². The topological polar surface area (TPSA) is 68.0 Å². The molecule has 102 valence electrons. The number of carbonyl (C=O) groups excluding carboxylic acids is 1. The number of carbonyl (C=O) groups is 1. The SMILES string of the molecule is CCCCSCCC(=O)Nc1ccc(N)nc1.Cl. The van der Waals surface area contributed by atoms with Gasteiger partial charge in [-0.3, -0.25) is 4.79 Å². The lowest BCUT2D eigenvalue weighted by Crippen LogP contribution is -2.12. The van der Waals surface area contributed by atoms with E-state index in [0.29, 0.717) is 17.9 Å². The quantitative estimate of drug-likeness (QED) is 0.757. The first kappa shape index (κ1) is 17.1. The Labute approximate surface area is 119 Å². The van der Waals surface area contributed by atoms with E-state index in [0.717, 1.165) is 11.5 Å². The number of hydrogen-bond acceptors (Lipinski definition) is 4. The molecule has 0 aliphatic rings. The summed E-state index contributed by atoms with van der Waals surface area (Å²) in [4.78, 5) is 15.5. The van der Waals surface area contributed by atoms with Crippen LogP contribution in [0.15, 0.2) is 18.3 Å². The lowest BCUT2D eigenvalue weighted by atomic mass is 10.3. The van der Waals surface area contributed by atoms with Crippen molar-refractivity contribution in [3.05, 3.63) is 18.3 Å². The standard InChI is InChI=1S/C12H19N3OS.ClH/c1-2-3-7-17-8-6-12(16)15-10-4-5-11(13)14-9-10;/h4-5,9H,2-3,6-8H2,1H3,(H2,13,14)(H,15,16);1H. The molecule has 4 nitrogen and oxygen atoms in total. The summed E-state index contributed by atoms with van der Waals surface area (Å²) in [5.74, 6) is 2.49. The van der Waals surface area contributed by atoms with Crippen molar-refractivity contribution in [1.82, 2.24) is 4.98 Å². The van der Waals surface area contributed by atoms with Gasteiger partial charge in [-0.2, -0.15) is 11.8 Å². The molecule has 1 rings (SSSR count). The van der Waals surface area contributed by atoms with Gasteiger partial charge in [0.05, 0.1) is 11.9 Å². The molecule has 0 atom stereocenters. The van der Waals surface area contributed by atoms with Gasteiger partial charge in [0.15, 0.2) is 0 Å². The first-order valence-electron chi connectivity index (χ1n) is 5.81. The molecule has 6 heteroatoms. The molecule has 0 radical (unpaired) electrons. The molecule has 3 N–H and O–H groups in total. The zero-order chi connectivity index (χ0) is 12.5. The molecule has 1 amide bonds. The molecular formula is C12H20ClN3OS. The van der Waals surface area contributed by atoms with Crippen molar-refractivity contribution in [2.45, 2.75) is 26.2 Å². The van der Waals surface area contributed by atoms with E-state index in [1.807, 2.05) is 11.8 Å². The minimum Gasteiger partial charge on any atom is -0.384 e. The first-order chi connectivity index (χ1) is 8.22. The smallest absolute Gasteiger partial charge is 0.225 e. The van der Waals surface area contributed by atoms with Crippen molar-refractivity contribution in [2.24, 2.45) is 0 Å². The summed E-state index contributed by atoms with van der Waals surface area (Å²) in [6.45, 7) is 2.17. The summed E-state index contributed by atoms with van der Waals surface area (Å²) < 4.78 is 0. The van der Waals surface area contributed by atoms with E-state index in [1.54, 1.807) is 18.3 Å². The number of aromatic nitrogens is 1. The molecule has 0 spiro atoms. The summed E-state index contributed by atoms with van der Waals surface area (Å²) in [5, 5.41) is 2.79. The highest BCUT2D eigenvalue weighted by atomic mass is 35.5. The van der Waals surface area contributed by atoms with E-state index in [2.05, 4.69) is 17.2 Å². The molecule has 1 heterocycles. The van der Waals surface area contributed by atoms with Crippen molar-refractivity contribution >= 4 is 41.6 Å². The Morgan fingerprint density at radius 2 is 2.22 bits per heavy atom. The second kappa shape index (κ2) is 10.0. The number of thioether (sulfide) groups is 1. The third-order valence-electron chi connectivity index (χ3n) is 2.19. The Morgan fingerprint density at radius 1 is 1.44 bits per heavy atom. The molecule has 0 saturated carbocycles. The Bertz CT molecular complexity index is 346. The maximum Gasteiger partial charge on any atom is 0.225 e. The number of nitrogen functional groups attached to an aromatic ring is 1. The fourth-order valence-corrected chi connectivity index (χ4v) is 2.24. The molecular weight excluding hydrogens is 270 g/mol. The van der Waals surface area contributed by atoms with Crippen LogP contribution in [0, 0.1) is 0 Å². The largest absolute Gasteiger partial charge is 0.384 e. The van der Waals surface area contributed by atoms with Gasteiger partial charge in [-0.15, -0.1) is 12.4 Å². The predicted molar refractivity (Wildman–Crippen MR) is 81.4 cm³/mol. The van der Waals surface area contributed by atoms with Crippen LogP contribution >= 0.6 is 24.2 Å². The predicted octanol–water partition coefficient (Wildman–Crippen LogP) is 2.95. The summed E-state index contributed by atoms with van der Waals surface area (Å²) >= 11 is 1.82. The van der Waals surface area contributed by atoms with E-state index in [9.17, 15) is 4.79 Å². The van der Waals surface area contributed by atoms with Gasteiger partial charge >= 0.3 is 0 Å². The van der Waals surface area contributed by atoms with Crippen molar-refractivity contribution in [3.8, 4) is 0 Å². The zero-order valence-corrected chi connectivity index (χ0v) is 12.1. The summed E-state index contributed by atoms with van der Waals surface area (Å²) in [5.41, 5.74) is 6.15. The zero-order valence-electron chi connectivity index (χ0n) is 10.5. The molecule has 1 aromatic rings. The van der Waals surface area contributed by atoms with Crippen LogP contribution in [-0.4, -0.2) is 22.4 Å². The van der Waals surface area contributed by atoms with Crippen LogP contribution in [0.4, 0.5) is 11.5 Å². The van der Waals surface area contributed by atoms with Crippen LogP contribution in [0.2, 0.25) is 0 Å². The van der Waals surface area contributed by atoms with Gasteiger partial charge < -0.3 is 11.1 Å². The highest BCUT2D eigenvalue weighted by molar-refractivity contribution is 7.99. The van der Waals surface area contributed by atoms with Gasteiger partial charge in [0, 0.05) is 12.2 Å². The highest BCUT2D eigenvalue weighted by Crippen LogP contribution is 2.09. The van der Waals surface area contributed by atoms with Crippen molar-refractivity contribution < 1.29 is 4.79 Å². The normalized spacial score (nSPS) is 9.61. The van der Waals surface area contributed by atoms with Crippen LogP contribution in [0.25, 0.3) is 0 Å². The fourth-order valence-electron chi connectivity index (χ4n) is 1.22. The average Bonchev–Trinajstić information content (AvgIpc) is 2.32. The molecule has 18 heavy (non-hydrogen) atoms. The molecule has 0 aromatic carbocycles. The van der Waals surface area contributed by atoms with Crippen LogP contribution in [0.3, 0.4) is 0 Å². The van der Waals surface area contributed by atoms with E-state index >= 15 is 0 Å². The minimum atomic E-state index is 0. The van der Waals surface area contributed by atoms with Crippen LogP contribution in [0.1, 0.15) is 26.2 Å². The molecule has 0 bridgehead atoms. The van der Waals surface area contributed by atoms with Gasteiger partial charge in [0.2, 0.25) is 5.91 Å². The number of hydrogen-bond donors (Lipinski definition) is 2. The van der Waals surface area contributed by atoms with Gasteiger partial charge in [-0.05, 0) is 24.3 Å². The molecule has 0 saturated heterocycles. The maximum absolute atomic E-state index is 11.5. The van der Waals surface area contributed by atoms with Crippen molar-refractivity contribution in [2.75, 3.05) is 22.6 Å². The van der Waals surface area contributed by atoms with E-state index in [1.165, 1.54) is 12.8 Å². The van der Waals surface area contributed by atoms with Gasteiger partial charge in [0.25, 0.3) is 0 Å². The van der Waals surface area contributed by atoms with Crippen molar-refractivity contribution in [1.29, 1.82) is 0 Å². The lowest BCUT2D eigenvalue weighted by Gasteiger charge is -2.04. The number of unbranched alkanes of at least 4 members (excludes halogenated alkanes) is 1. The van der Waals surface area contributed by atoms with Gasteiger partial charge in [0.1, 0.15) is 5.82 Å². The Morgan fingerprint density at radius 3 is 2.83 bits per heavy atom. The number of pyridine rings is 1. The first-order valence-corrected chi connectivity index (χ1v) is 6.97. The second-order valence-corrected chi connectivity index (χ2v) is 4.96. The minimum absolute atomic E-state index is 0. The molecule has 0 fully saturated rings. The molecule has 1 aromatic heterocycles. The number of amides is 1. The summed E-state index contributed by atoms with van der Waals surface area (Å²) in [6.07, 6.45) is 4.53. The second-order valence-electron chi connectivity index (χ2n) is 3.74. The van der Waals surface area contributed by atoms with E-state index < -0.39 is 0 Å². The number of nitrogens with two attached hydrogens (primary N) is 1. The average molecular weight is 290 g/mol. The fraction of sp³-hybridized carbons (Fsp3) is 0.500. The molecule has 0 unspecified atom stereocenters. The third-order valence-corrected chi connectivity index (χ3v) is 3.26. The van der Waals surface area contributed by atoms with E-state index in [4.69, 9.17) is 5.73 Å². The number of halogens is 1. The van der Waals surface area contributed by atoms with Gasteiger partial charge in [-0.1, -0.05) is 13.3 Å². The number of rotatable bonds is 7. The summed E-state index contributed by atoms with van der Waals surface area (Å²) in [6, 6.07) is 3.43. The number of nitrogens with zero attached hydrogens (tertiary/aromatic N) is 1. The molecule has 0 aliphatic carbocycles. The number of nitrogens with one attached hydrogen (secondary N) is 1. The van der Waals surface area contributed by atoms with Crippen LogP contribution < -0.4 is 11.1 Å². The Hall–Kier alpha value is -0.940. The maximum atomic E-state index is 11.5. The van der Waals surface area contributed by atoms with Crippen LogP contribution in [-0.2, 0) is 4.79 Å². The monoisotopic (exact) mass is 289 g/mol. The highest BCUT2D eigenvalue weighted by Gasteiger charge is 2.02. The van der Waals surface area contributed by atoms with Crippen molar-refractivity contribution in [3.63, 3.8) is 0 Å². The number of anilines is 2. The van der Waals surface area contributed by atoms with Gasteiger partial charge in [-0.25, -0.2) is 4.98 Å². The Balaban J connectivity index is 0.00000289. The lowest BCUT2D eigenvalue weighted by molar-refractivity contribution is -0.115. The summed E-state index contributed by atoms with van der Waals surface area (Å²) in [7, 11) is 0. The van der Waals surface area contributed by atoms with E-state index in [-0.39, 0.29) is 18.3 Å². The molecule has 0 aliphatic heterocycles. The third kappa shape index (κ3) is 7.40. The Kier molecular flexibility index (Phi) is 9.50.